The van der Waals surface area contributed by atoms with Gasteiger partial charge in [-0.3, -0.25) is 19.5 Å². The topological polar surface area (TPSA) is 67.2 Å². The Hall–Kier alpha value is -3.93. The summed E-state index contributed by atoms with van der Waals surface area (Å²) in [5.74, 6) is -0.755. The van der Waals surface area contributed by atoms with Gasteiger partial charge in [0.1, 0.15) is 0 Å². The van der Waals surface area contributed by atoms with Crippen molar-refractivity contribution < 1.29 is 9.59 Å². The van der Waals surface area contributed by atoms with E-state index in [4.69, 9.17) is 0 Å². The second-order valence-corrected chi connectivity index (χ2v) is 9.10. The Morgan fingerprint density at radius 3 is 2.79 bits per heavy atom. The van der Waals surface area contributed by atoms with E-state index in [-0.39, 0.29) is 30.3 Å². The Bertz CT molecular complexity index is 1510. The van der Waals surface area contributed by atoms with Crippen molar-refractivity contribution in [3.05, 3.63) is 83.3 Å². The maximum absolute atomic E-state index is 13.6. The first kappa shape index (κ1) is 19.7. The van der Waals surface area contributed by atoms with Gasteiger partial charge in [-0.2, -0.15) is 0 Å². The highest BCUT2D eigenvalue weighted by molar-refractivity contribution is 6.11. The largest absolute Gasteiger partial charge is 0.356 e. The normalized spacial score (nSPS) is 17.6. The first-order valence-electron chi connectivity index (χ1n) is 11.2. The smallest absolute Gasteiger partial charge is 0.259 e. The van der Waals surface area contributed by atoms with E-state index in [2.05, 4.69) is 59.2 Å². The van der Waals surface area contributed by atoms with E-state index < -0.39 is 0 Å². The van der Waals surface area contributed by atoms with Gasteiger partial charge in [0.15, 0.2) is 0 Å². The van der Waals surface area contributed by atoms with E-state index in [1.54, 1.807) is 6.20 Å². The van der Waals surface area contributed by atoms with Crippen molar-refractivity contribution in [1.82, 2.24) is 14.5 Å². The number of aromatic nitrogens is 2. The summed E-state index contributed by atoms with van der Waals surface area (Å²) in [4.78, 5) is 31.6. The average Bonchev–Trinajstić information content (AvgIpc) is 3.29. The predicted octanol–water partition coefficient (Wildman–Crippen LogP) is 4.97. The monoisotopic (exact) mass is 436 g/mol. The highest BCUT2D eigenvalue weighted by atomic mass is 16.2. The van der Waals surface area contributed by atoms with Crippen LogP contribution >= 0.6 is 0 Å². The number of amides is 2. The van der Waals surface area contributed by atoms with E-state index in [0.717, 1.165) is 44.3 Å². The minimum Gasteiger partial charge on any atom is -0.356 e. The average molecular weight is 437 g/mol. The minimum atomic E-state index is -0.292. The fraction of sp³-hybridized carbons (Fsp3) is 0.222. The number of rotatable bonds is 2. The zero-order valence-electron chi connectivity index (χ0n) is 18.8. The third-order valence-electron chi connectivity index (χ3n) is 6.79. The van der Waals surface area contributed by atoms with Crippen molar-refractivity contribution in [2.75, 3.05) is 11.9 Å². The molecule has 0 unspecified atom stereocenters. The molecule has 6 nitrogen and oxygen atoms in total. The summed E-state index contributed by atoms with van der Waals surface area (Å²) in [6, 6.07) is 16.6. The number of pyridine rings is 1. The predicted molar refractivity (Wildman–Crippen MR) is 129 cm³/mol. The second-order valence-electron chi connectivity index (χ2n) is 9.10. The molecular formula is C27H24N4O2. The number of hydrogen-bond donors (Lipinski definition) is 1. The number of nitrogens with zero attached hydrogens (tertiary/aromatic N) is 3. The molecular weight excluding hydrogens is 412 g/mol. The van der Waals surface area contributed by atoms with E-state index >= 15 is 0 Å². The summed E-state index contributed by atoms with van der Waals surface area (Å²) >= 11 is 0. The van der Waals surface area contributed by atoms with Crippen LogP contribution in [0.2, 0.25) is 0 Å². The Morgan fingerprint density at radius 1 is 1.15 bits per heavy atom. The molecule has 2 aliphatic heterocycles. The summed E-state index contributed by atoms with van der Waals surface area (Å²) in [7, 11) is 0. The standard InChI is InChI=1S/C27H24N4O2/c1-15(2)30-13-19-24(18-9-10-20-17(12-18)6-5-11-28-20)26-22(14-31(16(3)32)27(26)33)29-21-7-4-8-23(30)25(19)21/h4-13,15,24,29H,14H2,1-3H3/t24-/m0/s1. The van der Waals surface area contributed by atoms with Gasteiger partial charge in [-0.25, -0.2) is 0 Å². The van der Waals surface area contributed by atoms with Gasteiger partial charge in [0, 0.05) is 53.4 Å². The number of hydrogen-bond acceptors (Lipinski definition) is 4. The molecule has 4 aromatic rings. The molecule has 2 aliphatic rings. The van der Waals surface area contributed by atoms with Crippen LogP contribution in [0.3, 0.4) is 0 Å². The van der Waals surface area contributed by atoms with Crippen molar-refractivity contribution in [3.8, 4) is 0 Å². The number of benzene rings is 2. The van der Waals surface area contributed by atoms with Gasteiger partial charge in [-0.1, -0.05) is 18.2 Å². The highest BCUT2D eigenvalue weighted by Crippen LogP contribution is 2.47. The second kappa shape index (κ2) is 7.04. The molecule has 4 heterocycles. The SMILES string of the molecule is CC(=O)N1CC2=C(C1=O)[C@@H](c1ccc3ncccc3c1)c1cn(C(C)C)c3cccc(c13)N2. The fourth-order valence-corrected chi connectivity index (χ4v) is 5.28. The van der Waals surface area contributed by atoms with Crippen LogP contribution in [0.15, 0.2) is 72.2 Å². The molecule has 6 rings (SSSR count). The molecule has 33 heavy (non-hydrogen) atoms. The van der Waals surface area contributed by atoms with E-state index in [9.17, 15) is 9.59 Å². The van der Waals surface area contributed by atoms with Crippen LogP contribution < -0.4 is 5.32 Å². The number of nitrogens with one attached hydrogen (secondary N) is 1. The van der Waals surface area contributed by atoms with Crippen molar-refractivity contribution in [3.63, 3.8) is 0 Å². The summed E-state index contributed by atoms with van der Waals surface area (Å²) in [5, 5.41) is 5.68. The van der Waals surface area contributed by atoms with Gasteiger partial charge in [0.2, 0.25) is 5.91 Å². The molecule has 2 aromatic heterocycles. The fourth-order valence-electron chi connectivity index (χ4n) is 5.28. The number of fused-ring (bicyclic) bond motifs is 1. The molecule has 0 aliphatic carbocycles. The summed E-state index contributed by atoms with van der Waals surface area (Å²) in [5.41, 5.74) is 6.55. The van der Waals surface area contributed by atoms with Gasteiger partial charge in [0.25, 0.3) is 5.91 Å². The third kappa shape index (κ3) is 2.83. The van der Waals surface area contributed by atoms with E-state index in [1.165, 1.54) is 11.8 Å². The van der Waals surface area contributed by atoms with Crippen molar-refractivity contribution in [1.29, 1.82) is 0 Å². The lowest BCUT2D eigenvalue weighted by Gasteiger charge is -2.20. The van der Waals surface area contributed by atoms with Crippen molar-refractivity contribution in [2.24, 2.45) is 0 Å². The Labute approximate surface area is 191 Å². The Balaban J connectivity index is 1.67. The summed E-state index contributed by atoms with van der Waals surface area (Å²) < 4.78 is 2.26. The molecule has 6 heteroatoms. The van der Waals surface area contributed by atoms with Gasteiger partial charge >= 0.3 is 0 Å². The van der Waals surface area contributed by atoms with Crippen LogP contribution in [0.4, 0.5) is 5.69 Å². The zero-order valence-corrected chi connectivity index (χ0v) is 18.8. The van der Waals surface area contributed by atoms with Gasteiger partial charge < -0.3 is 9.88 Å². The molecule has 1 N–H and O–H groups in total. The van der Waals surface area contributed by atoms with Crippen molar-refractivity contribution in [2.45, 2.75) is 32.7 Å². The summed E-state index contributed by atoms with van der Waals surface area (Å²) in [6.07, 6.45) is 3.96. The quantitative estimate of drug-likeness (QED) is 0.482. The molecule has 2 aromatic carbocycles. The molecule has 0 fully saturated rings. The van der Waals surface area contributed by atoms with Crippen LogP contribution in [0, 0.1) is 0 Å². The first-order valence-corrected chi connectivity index (χ1v) is 11.2. The third-order valence-corrected chi connectivity index (χ3v) is 6.79. The van der Waals surface area contributed by atoms with Crippen LogP contribution in [0.1, 0.15) is 43.9 Å². The lowest BCUT2D eigenvalue weighted by Crippen LogP contribution is -2.33. The number of imide groups is 1. The first-order chi connectivity index (χ1) is 15.9. The van der Waals surface area contributed by atoms with Crippen LogP contribution in [-0.2, 0) is 9.59 Å². The van der Waals surface area contributed by atoms with Gasteiger partial charge in [-0.15, -0.1) is 0 Å². The molecule has 0 spiro atoms. The number of anilines is 1. The Kier molecular flexibility index (Phi) is 4.21. The Morgan fingerprint density at radius 2 is 2.00 bits per heavy atom. The van der Waals surface area contributed by atoms with E-state index in [0.29, 0.717) is 5.57 Å². The lowest BCUT2D eigenvalue weighted by molar-refractivity contribution is -0.139. The highest BCUT2D eigenvalue weighted by Gasteiger charge is 2.41. The molecule has 0 saturated carbocycles. The molecule has 0 saturated heterocycles. The van der Waals surface area contributed by atoms with Gasteiger partial charge in [-0.05, 0) is 55.3 Å². The maximum Gasteiger partial charge on any atom is 0.259 e. The lowest BCUT2D eigenvalue weighted by atomic mass is 9.84. The van der Waals surface area contributed by atoms with Crippen LogP contribution in [0.5, 0.6) is 0 Å². The molecule has 2 amide bonds. The molecule has 0 bridgehead atoms. The summed E-state index contributed by atoms with van der Waals surface area (Å²) in [6.45, 7) is 6.03. The molecule has 164 valence electrons. The van der Waals surface area contributed by atoms with Crippen molar-refractivity contribution >= 4 is 39.3 Å². The van der Waals surface area contributed by atoms with Gasteiger partial charge in [0.05, 0.1) is 23.2 Å². The molecule has 0 radical (unpaired) electrons. The molecule has 1 atom stereocenters. The maximum atomic E-state index is 13.6. The van der Waals surface area contributed by atoms with Crippen LogP contribution in [-0.4, -0.2) is 32.8 Å². The van der Waals surface area contributed by atoms with E-state index in [1.807, 2.05) is 24.3 Å². The minimum absolute atomic E-state index is 0.223. The zero-order chi connectivity index (χ0) is 22.9. The number of carbonyl (C=O) groups is 2. The van der Waals surface area contributed by atoms with Crippen LogP contribution in [0.25, 0.3) is 21.8 Å². The number of carbonyl (C=O) groups excluding carboxylic acids is 2.